The minimum Gasteiger partial charge on any atom is -0.492 e. The van der Waals surface area contributed by atoms with Crippen LogP contribution < -0.4 is 15.4 Å². The number of para-hydroxylation sites is 2. The van der Waals surface area contributed by atoms with Gasteiger partial charge in [0.15, 0.2) is 0 Å². The molecule has 0 saturated heterocycles. The highest BCUT2D eigenvalue weighted by Gasteiger charge is 2.02. The fourth-order valence-electron chi connectivity index (χ4n) is 1.76. The predicted octanol–water partition coefficient (Wildman–Crippen LogP) is 3.87. The van der Waals surface area contributed by atoms with E-state index in [0.717, 1.165) is 22.8 Å². The van der Waals surface area contributed by atoms with Crippen molar-refractivity contribution in [3.63, 3.8) is 0 Å². The Morgan fingerprint density at radius 3 is 2.56 bits per heavy atom. The van der Waals surface area contributed by atoms with Crippen LogP contribution in [-0.2, 0) is 0 Å². The van der Waals surface area contributed by atoms with Crippen molar-refractivity contribution in [2.24, 2.45) is 0 Å². The zero-order valence-electron chi connectivity index (χ0n) is 10.7. The number of anilines is 3. The quantitative estimate of drug-likeness (QED) is 0.835. The van der Waals surface area contributed by atoms with Gasteiger partial charge in [0.1, 0.15) is 5.75 Å². The summed E-state index contributed by atoms with van der Waals surface area (Å²) in [5.41, 5.74) is 3.09. The van der Waals surface area contributed by atoms with E-state index in [1.54, 1.807) is 0 Å². The van der Waals surface area contributed by atoms with E-state index in [1.807, 2.05) is 56.4 Å². The minimum absolute atomic E-state index is 0.662. The van der Waals surface area contributed by atoms with E-state index >= 15 is 0 Å². The number of ether oxygens (including phenoxy) is 1. The molecule has 0 radical (unpaired) electrons. The lowest BCUT2D eigenvalue weighted by atomic mass is 10.2. The standard InChI is InChI=1S/C15H18N2O/c1-3-18-15-10-5-4-9-14(15)17-13-8-6-7-12(11-13)16-2/h4-11,16-17H,3H2,1-2H3. The summed E-state index contributed by atoms with van der Waals surface area (Å²) in [6, 6.07) is 16.1. The molecule has 2 N–H and O–H groups in total. The van der Waals surface area contributed by atoms with E-state index in [0.29, 0.717) is 6.61 Å². The van der Waals surface area contributed by atoms with E-state index in [4.69, 9.17) is 4.74 Å². The number of hydrogen-bond donors (Lipinski definition) is 2. The molecule has 0 bridgehead atoms. The van der Waals surface area contributed by atoms with Crippen LogP contribution in [0.25, 0.3) is 0 Å². The lowest BCUT2D eigenvalue weighted by molar-refractivity contribution is 0.342. The summed E-state index contributed by atoms with van der Waals surface area (Å²) in [6.07, 6.45) is 0. The molecule has 0 heterocycles. The van der Waals surface area contributed by atoms with Gasteiger partial charge in [0.2, 0.25) is 0 Å². The monoisotopic (exact) mass is 242 g/mol. The van der Waals surface area contributed by atoms with Gasteiger partial charge in [0.05, 0.1) is 12.3 Å². The first kappa shape index (κ1) is 12.3. The molecule has 0 unspecified atom stereocenters. The topological polar surface area (TPSA) is 33.3 Å². The van der Waals surface area contributed by atoms with Crippen molar-refractivity contribution in [1.29, 1.82) is 0 Å². The van der Waals surface area contributed by atoms with Crippen molar-refractivity contribution in [2.45, 2.75) is 6.92 Å². The van der Waals surface area contributed by atoms with Crippen LogP contribution in [0.1, 0.15) is 6.92 Å². The molecule has 0 saturated carbocycles. The van der Waals surface area contributed by atoms with Gasteiger partial charge in [-0.3, -0.25) is 0 Å². The van der Waals surface area contributed by atoms with Gasteiger partial charge in [-0.1, -0.05) is 18.2 Å². The van der Waals surface area contributed by atoms with E-state index < -0.39 is 0 Å². The third kappa shape index (κ3) is 2.94. The van der Waals surface area contributed by atoms with Crippen molar-refractivity contribution >= 4 is 17.1 Å². The van der Waals surface area contributed by atoms with Crippen molar-refractivity contribution in [3.05, 3.63) is 48.5 Å². The second-order valence-corrected chi connectivity index (χ2v) is 3.88. The Balaban J connectivity index is 2.22. The van der Waals surface area contributed by atoms with E-state index in [1.165, 1.54) is 0 Å². The second kappa shape index (κ2) is 5.96. The molecule has 2 aromatic rings. The molecular weight excluding hydrogens is 224 g/mol. The van der Waals surface area contributed by atoms with Crippen molar-refractivity contribution in [1.82, 2.24) is 0 Å². The van der Waals surface area contributed by atoms with E-state index in [2.05, 4.69) is 16.7 Å². The molecule has 18 heavy (non-hydrogen) atoms. The van der Waals surface area contributed by atoms with E-state index in [-0.39, 0.29) is 0 Å². The zero-order chi connectivity index (χ0) is 12.8. The van der Waals surface area contributed by atoms with Gasteiger partial charge in [0.25, 0.3) is 0 Å². The number of hydrogen-bond acceptors (Lipinski definition) is 3. The highest BCUT2D eigenvalue weighted by Crippen LogP contribution is 2.28. The summed E-state index contributed by atoms with van der Waals surface area (Å²) in [5.74, 6) is 0.870. The van der Waals surface area contributed by atoms with Gasteiger partial charge < -0.3 is 15.4 Å². The third-order valence-electron chi connectivity index (χ3n) is 2.62. The maximum absolute atomic E-state index is 5.59. The second-order valence-electron chi connectivity index (χ2n) is 3.88. The summed E-state index contributed by atoms with van der Waals surface area (Å²) in [6.45, 7) is 2.65. The maximum atomic E-state index is 5.59. The molecule has 3 heteroatoms. The van der Waals surface area contributed by atoms with Crippen molar-refractivity contribution < 1.29 is 4.74 Å². The fourth-order valence-corrected chi connectivity index (χ4v) is 1.76. The molecular formula is C15H18N2O. The SMILES string of the molecule is CCOc1ccccc1Nc1cccc(NC)c1. The highest BCUT2D eigenvalue weighted by atomic mass is 16.5. The van der Waals surface area contributed by atoms with Crippen LogP contribution in [0, 0.1) is 0 Å². The Bertz CT molecular complexity index is 511. The molecule has 0 aliphatic rings. The molecule has 0 fully saturated rings. The largest absolute Gasteiger partial charge is 0.492 e. The average Bonchev–Trinajstić information content (AvgIpc) is 2.41. The van der Waals surface area contributed by atoms with Crippen molar-refractivity contribution in [3.8, 4) is 5.75 Å². The van der Waals surface area contributed by atoms with Crippen LogP contribution in [0.5, 0.6) is 5.75 Å². The Kier molecular flexibility index (Phi) is 4.07. The van der Waals surface area contributed by atoms with Crippen LogP contribution in [0.15, 0.2) is 48.5 Å². The molecule has 2 aromatic carbocycles. The normalized spacial score (nSPS) is 9.89. The molecule has 0 aliphatic heterocycles. The molecule has 3 nitrogen and oxygen atoms in total. The van der Waals surface area contributed by atoms with Crippen LogP contribution in [0.4, 0.5) is 17.1 Å². The summed E-state index contributed by atoms with van der Waals surface area (Å²) >= 11 is 0. The number of nitrogens with one attached hydrogen (secondary N) is 2. The molecule has 94 valence electrons. The highest BCUT2D eigenvalue weighted by molar-refractivity contribution is 5.68. The van der Waals surface area contributed by atoms with Crippen LogP contribution >= 0.6 is 0 Å². The average molecular weight is 242 g/mol. The number of benzene rings is 2. The Morgan fingerprint density at radius 2 is 1.78 bits per heavy atom. The summed E-state index contributed by atoms with van der Waals surface area (Å²) < 4.78 is 5.59. The molecule has 0 aliphatic carbocycles. The third-order valence-corrected chi connectivity index (χ3v) is 2.62. The first-order valence-corrected chi connectivity index (χ1v) is 6.10. The summed E-state index contributed by atoms with van der Waals surface area (Å²) in [5, 5.41) is 6.49. The van der Waals surface area contributed by atoms with Crippen LogP contribution in [0.2, 0.25) is 0 Å². The first-order valence-electron chi connectivity index (χ1n) is 6.10. The predicted molar refractivity (Wildman–Crippen MR) is 76.9 cm³/mol. The molecule has 0 aromatic heterocycles. The summed E-state index contributed by atoms with van der Waals surface area (Å²) in [4.78, 5) is 0. The van der Waals surface area contributed by atoms with Gasteiger partial charge >= 0.3 is 0 Å². The molecule has 0 atom stereocenters. The maximum Gasteiger partial charge on any atom is 0.142 e. The van der Waals surface area contributed by atoms with Gasteiger partial charge in [-0.25, -0.2) is 0 Å². The van der Waals surface area contributed by atoms with Gasteiger partial charge in [0, 0.05) is 18.4 Å². The lowest BCUT2D eigenvalue weighted by Crippen LogP contribution is -1.98. The molecule has 2 rings (SSSR count). The number of rotatable bonds is 5. The fraction of sp³-hybridized carbons (Fsp3) is 0.200. The van der Waals surface area contributed by atoms with Gasteiger partial charge in [-0.05, 0) is 37.3 Å². The smallest absolute Gasteiger partial charge is 0.142 e. The Labute approximate surface area is 108 Å². The summed E-state index contributed by atoms with van der Waals surface area (Å²) in [7, 11) is 1.91. The van der Waals surface area contributed by atoms with E-state index in [9.17, 15) is 0 Å². The first-order chi connectivity index (χ1) is 8.83. The Morgan fingerprint density at radius 1 is 1.00 bits per heavy atom. The van der Waals surface area contributed by atoms with Gasteiger partial charge in [-0.2, -0.15) is 0 Å². The van der Waals surface area contributed by atoms with Crippen LogP contribution in [0.3, 0.4) is 0 Å². The molecule has 0 spiro atoms. The molecule has 0 amide bonds. The Hall–Kier alpha value is -2.16. The zero-order valence-corrected chi connectivity index (χ0v) is 10.7. The minimum atomic E-state index is 0.662. The lowest BCUT2D eigenvalue weighted by Gasteiger charge is -2.12. The van der Waals surface area contributed by atoms with Crippen molar-refractivity contribution in [2.75, 3.05) is 24.3 Å². The van der Waals surface area contributed by atoms with Crippen LogP contribution in [-0.4, -0.2) is 13.7 Å². The van der Waals surface area contributed by atoms with Gasteiger partial charge in [-0.15, -0.1) is 0 Å².